The van der Waals surface area contributed by atoms with Gasteiger partial charge in [0.2, 0.25) is 0 Å². The summed E-state index contributed by atoms with van der Waals surface area (Å²) in [7, 11) is 1.54. The number of allylic oxidation sites excluding steroid dienone is 1. The summed E-state index contributed by atoms with van der Waals surface area (Å²) in [6.45, 7) is 7.53. The van der Waals surface area contributed by atoms with Gasteiger partial charge in [-0.1, -0.05) is 43.0 Å². The van der Waals surface area contributed by atoms with E-state index in [1.165, 1.54) is 39.2 Å². The summed E-state index contributed by atoms with van der Waals surface area (Å²) in [5.41, 5.74) is 4.36. The number of benzene rings is 1. The van der Waals surface area contributed by atoms with Crippen molar-refractivity contribution in [2.45, 2.75) is 65.7 Å². The monoisotopic (exact) mass is 438 g/mol. The van der Waals surface area contributed by atoms with Crippen molar-refractivity contribution in [2.75, 3.05) is 20.3 Å². The standard InChI is InChI=1S/C27H38N2O3/c1-5-6-16-31-26-18-22(2)27(23(3)19-26)32-17-12-10-8-7-9-11-13-25-15-14-24(20-28-25)21-29-30-4/h5-6,14-15,18-21H,7-13,16-17H2,1-4H3/b6-5+,29-21?. The summed E-state index contributed by atoms with van der Waals surface area (Å²) in [6.07, 6.45) is 15.7. The summed E-state index contributed by atoms with van der Waals surface area (Å²) >= 11 is 0. The molecule has 0 spiro atoms. The Morgan fingerprint density at radius 3 is 2.31 bits per heavy atom. The maximum atomic E-state index is 6.07. The summed E-state index contributed by atoms with van der Waals surface area (Å²) < 4.78 is 11.8. The van der Waals surface area contributed by atoms with Gasteiger partial charge in [-0.15, -0.1) is 0 Å². The van der Waals surface area contributed by atoms with Crippen LogP contribution in [-0.4, -0.2) is 31.5 Å². The molecule has 0 saturated heterocycles. The maximum Gasteiger partial charge on any atom is 0.125 e. The third-order valence-electron chi connectivity index (χ3n) is 5.24. The van der Waals surface area contributed by atoms with Crippen molar-refractivity contribution in [3.8, 4) is 11.5 Å². The summed E-state index contributed by atoms with van der Waals surface area (Å²) in [4.78, 5) is 9.16. The molecule has 0 bridgehead atoms. The third-order valence-corrected chi connectivity index (χ3v) is 5.24. The molecule has 0 unspecified atom stereocenters. The van der Waals surface area contributed by atoms with Gasteiger partial charge in [0.25, 0.3) is 0 Å². The summed E-state index contributed by atoms with van der Waals surface area (Å²) in [5, 5.41) is 3.75. The zero-order valence-corrected chi connectivity index (χ0v) is 20.1. The van der Waals surface area contributed by atoms with Crippen LogP contribution in [0.4, 0.5) is 0 Å². The number of hydrogen-bond donors (Lipinski definition) is 0. The number of aromatic nitrogens is 1. The molecule has 0 atom stereocenters. The number of unbranched alkanes of at least 4 members (excludes halogenated alkanes) is 5. The van der Waals surface area contributed by atoms with Crippen molar-refractivity contribution in [3.05, 3.63) is 65.0 Å². The third kappa shape index (κ3) is 9.54. The van der Waals surface area contributed by atoms with E-state index >= 15 is 0 Å². The number of ether oxygens (including phenoxy) is 2. The maximum absolute atomic E-state index is 6.07. The second-order valence-electron chi connectivity index (χ2n) is 7.99. The topological polar surface area (TPSA) is 52.9 Å². The molecule has 1 heterocycles. The van der Waals surface area contributed by atoms with E-state index < -0.39 is 0 Å². The molecule has 0 fully saturated rings. The number of nitrogens with zero attached hydrogens (tertiary/aromatic N) is 2. The molecule has 0 amide bonds. The molecule has 0 radical (unpaired) electrons. The van der Waals surface area contributed by atoms with Gasteiger partial charge >= 0.3 is 0 Å². The second-order valence-corrected chi connectivity index (χ2v) is 7.99. The zero-order valence-electron chi connectivity index (χ0n) is 20.1. The van der Waals surface area contributed by atoms with Crippen molar-refractivity contribution in [1.29, 1.82) is 0 Å². The molecular weight excluding hydrogens is 400 g/mol. The lowest BCUT2D eigenvalue weighted by atomic mass is 10.1. The average molecular weight is 439 g/mol. The van der Waals surface area contributed by atoms with Crippen LogP contribution in [0.3, 0.4) is 0 Å². The van der Waals surface area contributed by atoms with E-state index in [4.69, 9.17) is 9.47 Å². The van der Waals surface area contributed by atoms with Crippen LogP contribution >= 0.6 is 0 Å². The lowest BCUT2D eigenvalue weighted by Crippen LogP contribution is -2.02. The fourth-order valence-electron chi connectivity index (χ4n) is 3.53. The van der Waals surface area contributed by atoms with E-state index in [9.17, 15) is 0 Å². The fourth-order valence-corrected chi connectivity index (χ4v) is 3.53. The van der Waals surface area contributed by atoms with Gasteiger partial charge in [-0.05, 0) is 75.4 Å². The largest absolute Gasteiger partial charge is 0.493 e. The lowest BCUT2D eigenvalue weighted by molar-refractivity contribution is 0.215. The van der Waals surface area contributed by atoms with Gasteiger partial charge in [0.1, 0.15) is 25.2 Å². The Labute approximate surface area is 193 Å². The molecule has 1 aromatic carbocycles. The van der Waals surface area contributed by atoms with Crippen molar-refractivity contribution in [1.82, 2.24) is 4.98 Å². The molecule has 5 heteroatoms. The number of hydrogen-bond acceptors (Lipinski definition) is 5. The molecule has 0 N–H and O–H groups in total. The van der Waals surface area contributed by atoms with Crippen LogP contribution in [0, 0.1) is 13.8 Å². The van der Waals surface area contributed by atoms with Crippen LogP contribution in [-0.2, 0) is 11.3 Å². The normalized spacial score (nSPS) is 11.4. The van der Waals surface area contributed by atoms with Gasteiger partial charge < -0.3 is 14.3 Å². The highest BCUT2D eigenvalue weighted by atomic mass is 16.6. The highest BCUT2D eigenvalue weighted by Gasteiger charge is 2.07. The van der Waals surface area contributed by atoms with Crippen LogP contribution < -0.4 is 9.47 Å². The first-order valence-electron chi connectivity index (χ1n) is 11.6. The van der Waals surface area contributed by atoms with E-state index in [1.807, 2.05) is 31.3 Å². The average Bonchev–Trinajstić information content (AvgIpc) is 2.79. The Bertz CT molecular complexity index is 821. The summed E-state index contributed by atoms with van der Waals surface area (Å²) in [5.74, 6) is 1.90. The van der Waals surface area contributed by atoms with Gasteiger partial charge in [-0.3, -0.25) is 4.98 Å². The van der Waals surface area contributed by atoms with E-state index in [2.05, 4.69) is 47.0 Å². The molecule has 2 aromatic rings. The SMILES string of the molecule is C/C=C/COc1cc(C)c(OCCCCCCCCc2ccc(C=NOC)cn2)c(C)c1. The molecule has 0 saturated carbocycles. The van der Waals surface area contributed by atoms with E-state index in [-0.39, 0.29) is 0 Å². The number of oxime groups is 1. The molecule has 0 aliphatic rings. The molecule has 5 nitrogen and oxygen atoms in total. The van der Waals surface area contributed by atoms with Crippen molar-refractivity contribution < 1.29 is 14.3 Å². The zero-order chi connectivity index (χ0) is 23.0. The van der Waals surface area contributed by atoms with Crippen LogP contribution in [0.1, 0.15) is 67.8 Å². The fraction of sp³-hybridized carbons (Fsp3) is 0.481. The molecule has 0 aliphatic carbocycles. The number of pyridine rings is 1. The lowest BCUT2D eigenvalue weighted by Gasteiger charge is -2.14. The summed E-state index contributed by atoms with van der Waals surface area (Å²) in [6, 6.07) is 8.21. The Balaban J connectivity index is 1.56. The molecule has 32 heavy (non-hydrogen) atoms. The van der Waals surface area contributed by atoms with Crippen LogP contribution in [0.25, 0.3) is 0 Å². The molecular formula is C27H38N2O3. The van der Waals surface area contributed by atoms with Gasteiger partial charge in [-0.2, -0.15) is 0 Å². The molecule has 174 valence electrons. The van der Waals surface area contributed by atoms with Gasteiger partial charge in [0.05, 0.1) is 12.8 Å². The van der Waals surface area contributed by atoms with Crippen molar-refractivity contribution >= 4 is 6.21 Å². The minimum atomic E-state index is 0.600. The minimum Gasteiger partial charge on any atom is -0.493 e. The predicted octanol–water partition coefficient (Wildman–Crippen LogP) is 6.60. The van der Waals surface area contributed by atoms with Crippen LogP contribution in [0.5, 0.6) is 11.5 Å². The Hall–Kier alpha value is -2.82. The first-order chi connectivity index (χ1) is 15.6. The Morgan fingerprint density at radius 1 is 0.938 bits per heavy atom. The van der Waals surface area contributed by atoms with Crippen molar-refractivity contribution in [3.63, 3.8) is 0 Å². The minimum absolute atomic E-state index is 0.600. The van der Waals surface area contributed by atoms with E-state index in [0.29, 0.717) is 6.61 Å². The first kappa shape index (κ1) is 25.4. The van der Waals surface area contributed by atoms with Crippen LogP contribution in [0.15, 0.2) is 47.8 Å². The Kier molecular flexibility index (Phi) is 12.0. The van der Waals surface area contributed by atoms with Crippen molar-refractivity contribution in [2.24, 2.45) is 5.16 Å². The smallest absolute Gasteiger partial charge is 0.125 e. The highest BCUT2D eigenvalue weighted by Crippen LogP contribution is 2.28. The van der Waals surface area contributed by atoms with Crippen LogP contribution in [0.2, 0.25) is 0 Å². The van der Waals surface area contributed by atoms with E-state index in [1.54, 1.807) is 6.21 Å². The molecule has 0 aliphatic heterocycles. The quantitative estimate of drug-likeness (QED) is 0.136. The highest BCUT2D eigenvalue weighted by molar-refractivity contribution is 5.78. The number of rotatable bonds is 15. The number of aryl methyl sites for hydroxylation is 3. The predicted molar refractivity (Wildman–Crippen MR) is 132 cm³/mol. The van der Waals surface area contributed by atoms with E-state index in [0.717, 1.165) is 53.3 Å². The first-order valence-corrected chi connectivity index (χ1v) is 11.6. The molecule has 1 aromatic heterocycles. The second kappa shape index (κ2) is 15.1. The molecule has 2 rings (SSSR count). The Morgan fingerprint density at radius 2 is 1.66 bits per heavy atom. The van der Waals surface area contributed by atoms with Gasteiger partial charge in [0, 0.05) is 17.5 Å². The van der Waals surface area contributed by atoms with Gasteiger partial charge in [-0.25, -0.2) is 0 Å². The van der Waals surface area contributed by atoms with Gasteiger partial charge in [0.15, 0.2) is 0 Å².